The monoisotopic (exact) mass is 258 g/mol. The molecule has 1 N–H and O–H groups in total. The Morgan fingerprint density at radius 3 is 2.33 bits per heavy atom. The molecule has 0 aliphatic carbocycles. The fourth-order valence-electron chi connectivity index (χ4n) is 1.85. The van der Waals surface area contributed by atoms with Crippen molar-refractivity contribution in [1.82, 2.24) is 9.97 Å². The number of carbonyl (C=O) groups is 1. The van der Waals surface area contributed by atoms with Gasteiger partial charge in [-0.3, -0.25) is 4.79 Å². The minimum atomic E-state index is -0.0586. The molecule has 0 spiro atoms. The smallest absolute Gasteiger partial charge is 0.164 e. The van der Waals surface area contributed by atoms with E-state index in [-0.39, 0.29) is 5.78 Å². The van der Waals surface area contributed by atoms with Crippen LogP contribution in [0.3, 0.4) is 0 Å². The molecule has 0 aliphatic heterocycles. The van der Waals surface area contributed by atoms with Gasteiger partial charge in [-0.25, -0.2) is 4.98 Å². The molecule has 0 aliphatic rings. The van der Waals surface area contributed by atoms with Crippen molar-refractivity contribution in [1.29, 1.82) is 0 Å². The molecular weight excluding hydrogens is 244 g/mol. The van der Waals surface area contributed by atoms with Gasteiger partial charge >= 0.3 is 0 Å². The van der Waals surface area contributed by atoms with Crippen molar-refractivity contribution in [2.75, 3.05) is 0 Å². The second-order valence-corrected chi connectivity index (χ2v) is 4.70. The molecule has 1 aromatic heterocycles. The summed E-state index contributed by atoms with van der Waals surface area (Å²) >= 11 is 5.18. The van der Waals surface area contributed by atoms with Gasteiger partial charge in [0.25, 0.3) is 0 Å². The van der Waals surface area contributed by atoms with Gasteiger partial charge in [0.05, 0.1) is 5.56 Å². The first-order valence-electron chi connectivity index (χ1n) is 5.68. The minimum absolute atomic E-state index is 0.0586. The van der Waals surface area contributed by atoms with Gasteiger partial charge in [0.15, 0.2) is 5.78 Å². The number of Topliss-reactive ketones (excluding diaryl/α,β-unsaturated/α-hetero) is 1. The van der Waals surface area contributed by atoms with E-state index >= 15 is 0 Å². The summed E-state index contributed by atoms with van der Waals surface area (Å²) in [4.78, 5) is 18.9. The summed E-state index contributed by atoms with van der Waals surface area (Å²) in [6, 6.07) is 8.00. The molecule has 92 valence electrons. The first-order chi connectivity index (χ1) is 8.49. The molecule has 2 aromatic rings. The van der Waals surface area contributed by atoms with E-state index in [1.807, 2.05) is 38.1 Å². The molecule has 1 heterocycles. The van der Waals surface area contributed by atoms with Crippen LogP contribution in [0, 0.1) is 18.5 Å². The highest BCUT2D eigenvalue weighted by Gasteiger charge is 2.10. The van der Waals surface area contributed by atoms with E-state index < -0.39 is 0 Å². The van der Waals surface area contributed by atoms with Gasteiger partial charge in [0, 0.05) is 11.3 Å². The van der Waals surface area contributed by atoms with Gasteiger partial charge < -0.3 is 4.98 Å². The van der Waals surface area contributed by atoms with Crippen LogP contribution < -0.4 is 0 Å². The number of nitrogens with one attached hydrogen (secondary N) is 1. The lowest BCUT2D eigenvalue weighted by molar-refractivity contribution is 0.101. The number of H-pyrrole nitrogens is 1. The topological polar surface area (TPSA) is 45.8 Å². The van der Waals surface area contributed by atoms with Gasteiger partial charge in [-0.2, -0.15) is 0 Å². The van der Waals surface area contributed by atoms with E-state index in [0.717, 1.165) is 11.3 Å². The Kier molecular flexibility index (Phi) is 3.39. The molecule has 0 bridgehead atoms. The molecule has 1 aromatic carbocycles. The van der Waals surface area contributed by atoms with Crippen molar-refractivity contribution in [2.24, 2.45) is 0 Å². The molecule has 0 saturated carbocycles. The Morgan fingerprint density at radius 2 is 1.83 bits per heavy atom. The SMILES string of the molecule is CC(=O)c1c(C)[nH]c(-c2ccc(C)cc2)nc1=S. The quantitative estimate of drug-likeness (QED) is 0.661. The van der Waals surface area contributed by atoms with Crippen molar-refractivity contribution < 1.29 is 4.79 Å². The lowest BCUT2D eigenvalue weighted by Crippen LogP contribution is -2.04. The average Bonchev–Trinajstić information content (AvgIpc) is 2.28. The highest BCUT2D eigenvalue weighted by Crippen LogP contribution is 2.18. The van der Waals surface area contributed by atoms with Crippen LogP contribution in [0.1, 0.15) is 28.5 Å². The number of aryl methyl sites for hydroxylation is 2. The summed E-state index contributed by atoms with van der Waals surface area (Å²) in [6.45, 7) is 5.37. The second-order valence-electron chi connectivity index (χ2n) is 4.31. The summed E-state index contributed by atoms with van der Waals surface area (Å²) in [5.41, 5.74) is 3.42. The molecule has 3 nitrogen and oxygen atoms in total. The second kappa shape index (κ2) is 4.82. The van der Waals surface area contributed by atoms with Crippen LogP contribution in [0.4, 0.5) is 0 Å². The van der Waals surface area contributed by atoms with E-state index in [2.05, 4.69) is 9.97 Å². The molecule has 0 unspecified atom stereocenters. The zero-order valence-electron chi connectivity index (χ0n) is 10.6. The maximum Gasteiger partial charge on any atom is 0.164 e. The van der Waals surface area contributed by atoms with Gasteiger partial charge in [-0.1, -0.05) is 42.0 Å². The molecule has 0 fully saturated rings. The minimum Gasteiger partial charge on any atom is -0.343 e. The third kappa shape index (κ3) is 2.38. The van der Waals surface area contributed by atoms with Crippen LogP contribution >= 0.6 is 12.2 Å². The molecule has 0 atom stereocenters. The highest BCUT2D eigenvalue weighted by atomic mass is 32.1. The molecule has 0 saturated heterocycles. The van der Waals surface area contributed by atoms with Gasteiger partial charge in [-0.15, -0.1) is 0 Å². The maximum absolute atomic E-state index is 11.5. The number of aromatic nitrogens is 2. The summed E-state index contributed by atoms with van der Waals surface area (Å²) in [5, 5.41) is 0. The van der Waals surface area contributed by atoms with Crippen LogP contribution in [-0.2, 0) is 0 Å². The molecule has 2 rings (SSSR count). The van der Waals surface area contributed by atoms with Gasteiger partial charge in [0.2, 0.25) is 0 Å². The zero-order chi connectivity index (χ0) is 13.3. The van der Waals surface area contributed by atoms with Crippen LogP contribution in [0.5, 0.6) is 0 Å². The first kappa shape index (κ1) is 12.6. The van der Waals surface area contributed by atoms with E-state index in [4.69, 9.17) is 12.2 Å². The van der Waals surface area contributed by atoms with Crippen molar-refractivity contribution in [3.63, 3.8) is 0 Å². The van der Waals surface area contributed by atoms with E-state index in [1.165, 1.54) is 12.5 Å². The Morgan fingerprint density at radius 1 is 1.22 bits per heavy atom. The predicted octanol–water partition coefficient (Wildman–Crippen LogP) is 3.63. The predicted molar refractivity (Wildman–Crippen MR) is 74.3 cm³/mol. The summed E-state index contributed by atoms with van der Waals surface area (Å²) in [6.07, 6.45) is 0. The lowest BCUT2D eigenvalue weighted by Gasteiger charge is -2.07. The third-order valence-corrected chi connectivity index (χ3v) is 3.08. The fraction of sp³-hybridized carbons (Fsp3) is 0.214. The lowest BCUT2D eigenvalue weighted by atomic mass is 10.1. The Balaban J connectivity index is 2.58. The molecule has 4 heteroatoms. The number of carbonyl (C=O) groups excluding carboxylic acids is 1. The molecule has 18 heavy (non-hydrogen) atoms. The summed E-state index contributed by atoms with van der Waals surface area (Å²) < 4.78 is 0.356. The maximum atomic E-state index is 11.5. The molecule has 0 amide bonds. The molecule has 0 radical (unpaired) electrons. The molecular formula is C14H14N2OS. The number of benzene rings is 1. The van der Waals surface area contributed by atoms with Crippen LogP contribution in [0.25, 0.3) is 11.4 Å². The van der Waals surface area contributed by atoms with Crippen LogP contribution in [0.2, 0.25) is 0 Å². The van der Waals surface area contributed by atoms with E-state index in [0.29, 0.717) is 16.0 Å². The van der Waals surface area contributed by atoms with Crippen molar-refractivity contribution in [3.8, 4) is 11.4 Å². The van der Waals surface area contributed by atoms with Crippen LogP contribution in [-0.4, -0.2) is 15.8 Å². The average molecular weight is 258 g/mol. The van der Waals surface area contributed by atoms with Gasteiger partial charge in [-0.05, 0) is 20.8 Å². The fourth-order valence-corrected chi connectivity index (χ4v) is 2.24. The van der Waals surface area contributed by atoms with E-state index in [9.17, 15) is 4.79 Å². The summed E-state index contributed by atoms with van der Waals surface area (Å²) in [7, 11) is 0. The van der Waals surface area contributed by atoms with Gasteiger partial charge in [0.1, 0.15) is 10.5 Å². The van der Waals surface area contributed by atoms with Crippen molar-refractivity contribution in [3.05, 3.63) is 45.7 Å². The Bertz CT molecular complexity index is 656. The van der Waals surface area contributed by atoms with Crippen molar-refractivity contribution in [2.45, 2.75) is 20.8 Å². The number of hydrogen-bond donors (Lipinski definition) is 1. The number of aromatic amines is 1. The summed E-state index contributed by atoms with van der Waals surface area (Å²) in [5.74, 6) is 0.638. The van der Waals surface area contributed by atoms with Crippen molar-refractivity contribution >= 4 is 18.0 Å². The largest absolute Gasteiger partial charge is 0.343 e. The number of rotatable bonds is 2. The van der Waals surface area contributed by atoms with Crippen LogP contribution in [0.15, 0.2) is 24.3 Å². The van der Waals surface area contributed by atoms with E-state index in [1.54, 1.807) is 0 Å². The Labute approximate surface area is 111 Å². The number of nitrogens with zero attached hydrogens (tertiary/aromatic N) is 1. The standard InChI is InChI=1S/C14H14N2OS/c1-8-4-6-11(7-5-8)13-15-9(2)12(10(3)17)14(18)16-13/h4-7H,1-3H3,(H,15,16,18). The number of hydrogen-bond acceptors (Lipinski definition) is 3. The third-order valence-electron chi connectivity index (χ3n) is 2.79. The normalized spacial score (nSPS) is 10.4. The Hall–Kier alpha value is -1.81. The highest BCUT2D eigenvalue weighted by molar-refractivity contribution is 7.71. The number of ketones is 1. The first-order valence-corrected chi connectivity index (χ1v) is 6.09. The zero-order valence-corrected chi connectivity index (χ0v) is 11.4.